The lowest BCUT2D eigenvalue weighted by atomic mass is 10.3. The van der Waals surface area contributed by atoms with Crippen molar-refractivity contribution in [2.45, 2.75) is 13.8 Å². The van der Waals surface area contributed by atoms with E-state index in [2.05, 4.69) is 39.9 Å². The summed E-state index contributed by atoms with van der Waals surface area (Å²) in [6.07, 6.45) is 5.56. The fourth-order valence-electron chi connectivity index (χ4n) is 2.81. The number of rotatable bonds is 0. The molecule has 8 heteroatoms. The standard InChI is InChI=1S/C18H14N8/c1-9-7-15-22-13-4-3-11(20-13)19-12-5-6-14(21-12)23-17-10(2)8-16(25-17)26-18(9)24-15/h3-8H,1-2H3,(H2,19,20,21,22,23,24,25,26). The molecule has 2 aliphatic rings. The maximum absolute atomic E-state index is 4.59. The molecule has 126 valence electrons. The van der Waals surface area contributed by atoms with E-state index in [4.69, 9.17) is 0 Å². The van der Waals surface area contributed by atoms with E-state index in [1.165, 1.54) is 0 Å². The lowest BCUT2D eigenvalue weighted by Crippen LogP contribution is -1.86. The van der Waals surface area contributed by atoms with Gasteiger partial charge in [0.15, 0.2) is 23.3 Å². The number of aromatic amines is 2. The molecular weight excluding hydrogens is 328 g/mol. The summed E-state index contributed by atoms with van der Waals surface area (Å²) in [6, 6.07) is 5.64. The van der Waals surface area contributed by atoms with E-state index in [0.717, 1.165) is 16.8 Å². The van der Waals surface area contributed by atoms with E-state index in [0.29, 0.717) is 40.2 Å². The summed E-state index contributed by atoms with van der Waals surface area (Å²) in [5.41, 5.74) is 4.70. The van der Waals surface area contributed by atoms with Gasteiger partial charge in [0, 0.05) is 0 Å². The third kappa shape index (κ3) is 2.57. The molecule has 8 nitrogen and oxygen atoms in total. The van der Waals surface area contributed by atoms with Crippen molar-refractivity contribution < 1.29 is 0 Å². The number of fused-ring (bicyclic) bond motifs is 8. The highest BCUT2D eigenvalue weighted by atomic mass is 15.0. The fraction of sp³-hybridized carbons (Fsp3) is 0.111. The van der Waals surface area contributed by atoms with Crippen molar-refractivity contribution in [3.05, 3.63) is 47.1 Å². The van der Waals surface area contributed by atoms with Gasteiger partial charge in [-0.15, -0.1) is 0 Å². The van der Waals surface area contributed by atoms with Crippen molar-refractivity contribution in [2.24, 2.45) is 0 Å². The van der Waals surface area contributed by atoms with Gasteiger partial charge >= 0.3 is 0 Å². The smallest absolute Gasteiger partial charge is 0.159 e. The first kappa shape index (κ1) is 14.6. The Balaban J connectivity index is 1.88. The third-order valence-electron chi connectivity index (χ3n) is 4.08. The highest BCUT2D eigenvalue weighted by molar-refractivity contribution is 5.79. The van der Waals surface area contributed by atoms with Crippen LogP contribution in [-0.2, 0) is 0 Å². The molecule has 3 aromatic rings. The summed E-state index contributed by atoms with van der Waals surface area (Å²) in [5.74, 6) is 2.41. The predicted octanol–water partition coefficient (Wildman–Crippen LogP) is 2.93. The largest absolute Gasteiger partial charge is 0.325 e. The second kappa shape index (κ2) is 5.41. The molecule has 0 radical (unpaired) electrons. The van der Waals surface area contributed by atoms with Crippen LogP contribution in [0.25, 0.3) is 46.4 Å². The Morgan fingerprint density at radius 3 is 2.23 bits per heavy atom. The van der Waals surface area contributed by atoms with Crippen molar-refractivity contribution in [1.29, 1.82) is 0 Å². The van der Waals surface area contributed by atoms with E-state index in [-0.39, 0.29) is 0 Å². The van der Waals surface area contributed by atoms with Gasteiger partial charge in [0.25, 0.3) is 0 Å². The Labute approximate surface area is 147 Å². The van der Waals surface area contributed by atoms with Crippen LogP contribution in [0, 0.1) is 6.92 Å². The second-order valence-electron chi connectivity index (χ2n) is 6.14. The van der Waals surface area contributed by atoms with Gasteiger partial charge in [0.2, 0.25) is 0 Å². The maximum Gasteiger partial charge on any atom is 0.159 e. The van der Waals surface area contributed by atoms with Gasteiger partial charge in [-0.25, -0.2) is 29.9 Å². The number of H-pyrrole nitrogens is 2. The van der Waals surface area contributed by atoms with Gasteiger partial charge in [0.05, 0.1) is 0 Å². The van der Waals surface area contributed by atoms with Gasteiger partial charge in [-0.2, -0.15) is 0 Å². The molecule has 5 rings (SSSR count). The number of hydrogen-bond acceptors (Lipinski definition) is 6. The molecule has 0 saturated carbocycles. The maximum atomic E-state index is 4.59. The molecule has 2 aliphatic heterocycles. The summed E-state index contributed by atoms with van der Waals surface area (Å²) in [4.78, 5) is 33.4. The van der Waals surface area contributed by atoms with E-state index in [1.54, 1.807) is 0 Å². The lowest BCUT2D eigenvalue weighted by molar-refractivity contribution is 1.11. The first-order valence-corrected chi connectivity index (χ1v) is 8.16. The Morgan fingerprint density at radius 2 is 1.42 bits per heavy atom. The average Bonchev–Trinajstić information content (AvgIpc) is 3.34. The van der Waals surface area contributed by atoms with E-state index < -0.39 is 0 Å². The van der Waals surface area contributed by atoms with Crippen LogP contribution in [-0.4, -0.2) is 39.9 Å². The first-order chi connectivity index (χ1) is 12.6. The molecule has 8 bridgehead atoms. The Bertz CT molecular complexity index is 1260. The fourth-order valence-corrected chi connectivity index (χ4v) is 2.81. The zero-order chi connectivity index (χ0) is 17.7. The number of hydrogen-bond donors (Lipinski definition) is 2. The SMILES string of the molecule is CC1=Cc2nc1nc1cc(C)c(nc3nc(nc4ccc(n2)[nH]4)C=C3)[nH]1. The second-order valence-corrected chi connectivity index (χ2v) is 6.14. The van der Waals surface area contributed by atoms with Gasteiger partial charge in [-0.3, -0.25) is 0 Å². The average molecular weight is 342 g/mol. The molecule has 3 aromatic heterocycles. The van der Waals surface area contributed by atoms with Crippen LogP contribution in [0.5, 0.6) is 0 Å². The third-order valence-corrected chi connectivity index (χ3v) is 4.08. The van der Waals surface area contributed by atoms with Crippen LogP contribution in [0.1, 0.15) is 35.8 Å². The van der Waals surface area contributed by atoms with Gasteiger partial charge in [0.1, 0.15) is 22.6 Å². The first-order valence-electron chi connectivity index (χ1n) is 8.16. The summed E-state index contributed by atoms with van der Waals surface area (Å²) in [7, 11) is 0. The molecule has 0 fully saturated rings. The van der Waals surface area contributed by atoms with Gasteiger partial charge in [-0.05, 0) is 61.4 Å². The van der Waals surface area contributed by atoms with Crippen LogP contribution in [0.15, 0.2) is 18.2 Å². The number of aryl methyl sites for hydroxylation is 1. The van der Waals surface area contributed by atoms with Crippen LogP contribution in [0.3, 0.4) is 0 Å². The molecule has 26 heavy (non-hydrogen) atoms. The molecule has 5 heterocycles. The molecule has 0 spiro atoms. The van der Waals surface area contributed by atoms with E-state index in [1.807, 2.05) is 50.3 Å². The topological polar surface area (TPSA) is 109 Å². The zero-order valence-electron chi connectivity index (χ0n) is 14.1. The minimum atomic E-state index is 0.586. The van der Waals surface area contributed by atoms with Crippen molar-refractivity contribution in [3.8, 4) is 0 Å². The van der Waals surface area contributed by atoms with Crippen molar-refractivity contribution >= 4 is 46.4 Å². The van der Waals surface area contributed by atoms with E-state index >= 15 is 0 Å². The summed E-state index contributed by atoms with van der Waals surface area (Å²) in [5, 5.41) is 0. The van der Waals surface area contributed by atoms with Gasteiger partial charge < -0.3 is 9.97 Å². The summed E-state index contributed by atoms with van der Waals surface area (Å²) >= 11 is 0. The molecule has 0 saturated heterocycles. The highest BCUT2D eigenvalue weighted by Gasteiger charge is 2.09. The molecule has 0 aromatic carbocycles. The number of aromatic nitrogens is 8. The van der Waals surface area contributed by atoms with Crippen LogP contribution in [0.4, 0.5) is 0 Å². The lowest BCUT2D eigenvalue weighted by Gasteiger charge is -1.87. The Morgan fingerprint density at radius 1 is 0.692 bits per heavy atom. The number of nitrogens with one attached hydrogen (secondary N) is 2. The summed E-state index contributed by atoms with van der Waals surface area (Å²) < 4.78 is 0. The summed E-state index contributed by atoms with van der Waals surface area (Å²) in [6.45, 7) is 3.94. The number of allylic oxidation sites excluding steroid dienone is 1. The minimum absolute atomic E-state index is 0.586. The molecule has 0 amide bonds. The molecule has 2 N–H and O–H groups in total. The van der Waals surface area contributed by atoms with Crippen molar-refractivity contribution in [1.82, 2.24) is 39.9 Å². The van der Waals surface area contributed by atoms with Crippen molar-refractivity contribution in [3.63, 3.8) is 0 Å². The normalized spacial score (nSPS) is 13.1. The highest BCUT2D eigenvalue weighted by Crippen LogP contribution is 2.18. The minimum Gasteiger partial charge on any atom is -0.325 e. The van der Waals surface area contributed by atoms with E-state index in [9.17, 15) is 0 Å². The molecular formula is C18H14N8. The Hall–Kier alpha value is -3.68. The zero-order valence-corrected chi connectivity index (χ0v) is 14.1. The quantitative estimate of drug-likeness (QED) is 0.508. The van der Waals surface area contributed by atoms with Gasteiger partial charge in [-0.1, -0.05) is 0 Å². The molecule has 0 aliphatic carbocycles. The molecule has 0 atom stereocenters. The van der Waals surface area contributed by atoms with Crippen molar-refractivity contribution in [2.75, 3.05) is 0 Å². The monoisotopic (exact) mass is 342 g/mol. The Kier molecular flexibility index (Phi) is 3.05. The van der Waals surface area contributed by atoms with Crippen LogP contribution >= 0.6 is 0 Å². The van der Waals surface area contributed by atoms with Crippen LogP contribution in [0.2, 0.25) is 0 Å². The predicted molar refractivity (Wildman–Crippen MR) is 99.4 cm³/mol. The van der Waals surface area contributed by atoms with Crippen LogP contribution < -0.4 is 0 Å². The number of nitrogens with zero attached hydrogens (tertiary/aromatic N) is 6. The molecule has 0 unspecified atom stereocenters.